The van der Waals surface area contributed by atoms with Crippen LogP contribution in [0.2, 0.25) is 0 Å². The second kappa shape index (κ2) is 3.71. The first kappa shape index (κ1) is 11.5. The third-order valence-corrected chi connectivity index (χ3v) is 3.70. The number of rotatable bonds is 1. The monoisotopic (exact) mass is 252 g/mol. The average Bonchev–Trinajstić information content (AvgIpc) is 2.78. The molecule has 1 aliphatic carbocycles. The first-order valence-electron chi connectivity index (χ1n) is 5.95. The van der Waals surface area contributed by atoms with E-state index in [2.05, 4.69) is 9.97 Å². The van der Waals surface area contributed by atoms with Crippen molar-refractivity contribution in [2.75, 3.05) is 0 Å². The molecule has 2 heterocycles. The van der Waals surface area contributed by atoms with Crippen molar-refractivity contribution in [2.24, 2.45) is 5.73 Å². The molecule has 18 heavy (non-hydrogen) atoms. The average molecular weight is 252 g/mol. The Bertz CT molecular complexity index is 568. The smallest absolute Gasteiger partial charge is 0.248 e. The zero-order chi connectivity index (χ0) is 12.8. The van der Waals surface area contributed by atoms with E-state index in [9.17, 15) is 8.78 Å². The number of nitrogens with two attached hydrogens (primary N) is 1. The lowest BCUT2D eigenvalue weighted by Gasteiger charge is -2.36. The van der Waals surface area contributed by atoms with Gasteiger partial charge in [-0.1, -0.05) is 0 Å². The molecule has 4 nitrogen and oxygen atoms in total. The summed E-state index contributed by atoms with van der Waals surface area (Å²) < 4.78 is 28.3. The van der Waals surface area contributed by atoms with E-state index >= 15 is 0 Å². The highest BCUT2D eigenvalue weighted by molar-refractivity contribution is 5.39. The molecule has 2 aromatic rings. The molecule has 2 N–H and O–H groups in total. The Morgan fingerprint density at radius 1 is 1.17 bits per heavy atom. The zero-order valence-corrected chi connectivity index (χ0v) is 9.81. The number of halogens is 2. The first-order valence-corrected chi connectivity index (χ1v) is 5.95. The van der Waals surface area contributed by atoms with Crippen LogP contribution in [0.4, 0.5) is 8.78 Å². The number of hydrogen-bond donors (Lipinski definition) is 1. The number of fused-ring (bicyclic) bond motifs is 1. The number of alkyl halides is 2. The van der Waals surface area contributed by atoms with E-state index in [4.69, 9.17) is 5.73 Å². The summed E-state index contributed by atoms with van der Waals surface area (Å²) >= 11 is 0. The van der Waals surface area contributed by atoms with E-state index < -0.39 is 11.5 Å². The molecule has 0 saturated heterocycles. The minimum absolute atomic E-state index is 0.165. The summed E-state index contributed by atoms with van der Waals surface area (Å²) in [6.45, 7) is 0. The van der Waals surface area contributed by atoms with Gasteiger partial charge in [-0.3, -0.25) is 9.38 Å². The molecule has 0 atom stereocenters. The lowest BCUT2D eigenvalue weighted by atomic mass is 9.78. The second-order valence-electron chi connectivity index (χ2n) is 4.96. The van der Waals surface area contributed by atoms with Crippen molar-refractivity contribution in [1.82, 2.24) is 14.4 Å². The zero-order valence-electron chi connectivity index (χ0n) is 9.81. The van der Waals surface area contributed by atoms with Gasteiger partial charge in [0.15, 0.2) is 5.65 Å². The van der Waals surface area contributed by atoms with E-state index in [1.165, 1.54) is 0 Å². The van der Waals surface area contributed by atoms with Gasteiger partial charge in [-0.25, -0.2) is 13.8 Å². The maximum absolute atomic E-state index is 13.2. The van der Waals surface area contributed by atoms with Crippen LogP contribution < -0.4 is 5.73 Å². The van der Waals surface area contributed by atoms with Gasteiger partial charge in [-0.2, -0.15) is 0 Å². The molecule has 0 spiro atoms. The van der Waals surface area contributed by atoms with Gasteiger partial charge in [0.05, 0.1) is 23.6 Å². The van der Waals surface area contributed by atoms with Crippen molar-refractivity contribution in [3.63, 3.8) is 0 Å². The number of nitrogens with zero attached hydrogens (tertiary/aromatic N) is 3. The Morgan fingerprint density at radius 3 is 2.61 bits per heavy atom. The molecular formula is C12H14F2N4. The Morgan fingerprint density at radius 2 is 1.89 bits per heavy atom. The maximum atomic E-state index is 13.2. The van der Waals surface area contributed by atoms with Crippen molar-refractivity contribution in [3.8, 4) is 0 Å². The lowest BCUT2D eigenvalue weighted by molar-refractivity contribution is -0.0520. The Balaban J connectivity index is 1.99. The molecule has 96 valence electrons. The summed E-state index contributed by atoms with van der Waals surface area (Å²) in [4.78, 5) is 8.18. The molecule has 1 saturated carbocycles. The molecule has 1 fully saturated rings. The largest absolute Gasteiger partial charge is 0.320 e. The Hall–Kier alpha value is -1.56. The van der Waals surface area contributed by atoms with Gasteiger partial charge < -0.3 is 5.73 Å². The minimum Gasteiger partial charge on any atom is -0.320 e. The molecule has 0 aromatic carbocycles. The van der Waals surface area contributed by atoms with Crippen molar-refractivity contribution in [1.29, 1.82) is 0 Å². The van der Waals surface area contributed by atoms with Gasteiger partial charge >= 0.3 is 0 Å². The van der Waals surface area contributed by atoms with Crippen molar-refractivity contribution in [2.45, 2.75) is 37.1 Å². The predicted octanol–water partition coefficient (Wildman–Crippen LogP) is 2.09. The summed E-state index contributed by atoms with van der Waals surface area (Å²) in [5.74, 6) is -2.58. The topological polar surface area (TPSA) is 56.2 Å². The van der Waals surface area contributed by atoms with E-state index in [1.807, 2.05) is 4.40 Å². The highest BCUT2D eigenvalue weighted by Crippen LogP contribution is 2.42. The van der Waals surface area contributed by atoms with Gasteiger partial charge in [0.1, 0.15) is 0 Å². The summed E-state index contributed by atoms with van der Waals surface area (Å²) in [7, 11) is 0. The molecule has 3 rings (SSSR count). The van der Waals surface area contributed by atoms with Crippen LogP contribution in [0, 0.1) is 0 Å². The highest BCUT2D eigenvalue weighted by Gasteiger charge is 2.43. The predicted molar refractivity (Wildman–Crippen MR) is 62.3 cm³/mol. The molecule has 0 bridgehead atoms. The third kappa shape index (κ3) is 1.77. The molecule has 2 aromatic heterocycles. The normalized spacial score (nSPS) is 22.2. The number of aromatic nitrogens is 3. The molecular weight excluding hydrogens is 238 g/mol. The summed E-state index contributed by atoms with van der Waals surface area (Å²) in [5.41, 5.74) is 7.05. The quantitative estimate of drug-likeness (QED) is 0.845. The van der Waals surface area contributed by atoms with Crippen LogP contribution in [0.3, 0.4) is 0 Å². The van der Waals surface area contributed by atoms with Crippen LogP contribution in [0.25, 0.3) is 5.65 Å². The third-order valence-electron chi connectivity index (χ3n) is 3.70. The van der Waals surface area contributed by atoms with Gasteiger partial charge in [0.2, 0.25) is 5.92 Å². The molecule has 1 aliphatic rings. The molecule has 0 amide bonds. The van der Waals surface area contributed by atoms with E-state index in [1.54, 1.807) is 24.8 Å². The van der Waals surface area contributed by atoms with Crippen LogP contribution in [-0.2, 0) is 5.54 Å². The van der Waals surface area contributed by atoms with Gasteiger partial charge in [0, 0.05) is 25.2 Å². The summed E-state index contributed by atoms with van der Waals surface area (Å²) in [5, 5.41) is 0. The number of hydrogen-bond acceptors (Lipinski definition) is 3. The minimum atomic E-state index is -2.58. The first-order chi connectivity index (χ1) is 8.50. The Labute approximate surface area is 103 Å². The van der Waals surface area contributed by atoms with Crippen LogP contribution >= 0.6 is 0 Å². The summed E-state index contributed by atoms with van der Waals surface area (Å²) in [6, 6.07) is 0. The SMILES string of the molecule is NC1(c2cnc3cnccn23)CCC(F)(F)CC1. The van der Waals surface area contributed by atoms with E-state index in [0.29, 0.717) is 5.65 Å². The van der Waals surface area contributed by atoms with Gasteiger partial charge in [0.25, 0.3) is 0 Å². The molecule has 0 unspecified atom stereocenters. The standard InChI is InChI=1S/C12H14F2N4/c13-12(14)3-1-11(15,2-4-12)9-7-17-10-8-16-5-6-18(9)10/h5-8H,1-4,15H2. The molecule has 0 radical (unpaired) electrons. The fraction of sp³-hybridized carbons (Fsp3) is 0.500. The van der Waals surface area contributed by atoms with Crippen LogP contribution in [-0.4, -0.2) is 20.3 Å². The fourth-order valence-corrected chi connectivity index (χ4v) is 2.53. The molecule has 0 aliphatic heterocycles. The lowest BCUT2D eigenvalue weighted by Crippen LogP contribution is -2.44. The molecule has 6 heteroatoms. The van der Waals surface area contributed by atoms with E-state index in [0.717, 1.165) is 5.69 Å². The highest BCUT2D eigenvalue weighted by atomic mass is 19.3. The van der Waals surface area contributed by atoms with E-state index in [-0.39, 0.29) is 25.7 Å². The maximum Gasteiger partial charge on any atom is 0.248 e. The van der Waals surface area contributed by atoms with Crippen molar-refractivity contribution < 1.29 is 8.78 Å². The van der Waals surface area contributed by atoms with Crippen LogP contribution in [0.5, 0.6) is 0 Å². The summed E-state index contributed by atoms with van der Waals surface area (Å²) in [6.07, 6.45) is 6.92. The van der Waals surface area contributed by atoms with Gasteiger partial charge in [-0.05, 0) is 12.8 Å². The van der Waals surface area contributed by atoms with Crippen LogP contribution in [0.15, 0.2) is 24.8 Å². The van der Waals surface area contributed by atoms with Crippen LogP contribution in [0.1, 0.15) is 31.4 Å². The Kier molecular flexibility index (Phi) is 2.38. The van der Waals surface area contributed by atoms with Crippen molar-refractivity contribution >= 4 is 5.65 Å². The number of imidazole rings is 1. The fourth-order valence-electron chi connectivity index (χ4n) is 2.53. The van der Waals surface area contributed by atoms with Crippen molar-refractivity contribution in [3.05, 3.63) is 30.5 Å². The second-order valence-corrected chi connectivity index (χ2v) is 4.96. The van der Waals surface area contributed by atoms with Gasteiger partial charge in [-0.15, -0.1) is 0 Å².